The summed E-state index contributed by atoms with van der Waals surface area (Å²) in [5.41, 5.74) is 1.21. The maximum absolute atomic E-state index is 11.8. The van der Waals surface area contributed by atoms with Crippen LogP contribution in [0.1, 0.15) is 5.56 Å². The maximum atomic E-state index is 11.8. The van der Waals surface area contributed by atoms with E-state index < -0.39 is 0 Å². The maximum Gasteiger partial charge on any atom is 0.243 e. The molecule has 1 aromatic rings. The summed E-state index contributed by atoms with van der Waals surface area (Å²) in [5, 5.41) is 6.56. The summed E-state index contributed by atoms with van der Waals surface area (Å²) >= 11 is 1.80. The summed E-state index contributed by atoms with van der Waals surface area (Å²) in [6, 6.07) is 8.00. The van der Waals surface area contributed by atoms with E-state index in [1.807, 2.05) is 30.3 Å². The molecule has 1 rings (SSSR count). The van der Waals surface area contributed by atoms with Gasteiger partial charge < -0.3 is 20.3 Å². The molecular formula is C19H31IN4O2S. The molecular weight excluding hydrogens is 475 g/mol. The quantitative estimate of drug-likeness (QED) is 0.159. The number of carbonyl (C=O) groups is 1. The Hall–Kier alpha value is -1.42. The second-order valence-electron chi connectivity index (χ2n) is 5.77. The van der Waals surface area contributed by atoms with Crippen LogP contribution in [0.5, 0.6) is 5.75 Å². The first-order valence-electron chi connectivity index (χ1n) is 8.60. The number of hydrogen-bond donors (Lipinski definition) is 2. The summed E-state index contributed by atoms with van der Waals surface area (Å²) in [7, 11) is 5.12. The number of ether oxygens (including phenoxy) is 1. The van der Waals surface area contributed by atoms with Crippen molar-refractivity contribution in [2.75, 3.05) is 52.3 Å². The van der Waals surface area contributed by atoms with E-state index in [4.69, 9.17) is 4.74 Å². The zero-order valence-electron chi connectivity index (χ0n) is 16.4. The Morgan fingerprint density at radius 3 is 2.52 bits per heavy atom. The fourth-order valence-electron chi connectivity index (χ4n) is 1.99. The molecule has 8 heteroatoms. The largest absolute Gasteiger partial charge is 0.497 e. The van der Waals surface area contributed by atoms with Gasteiger partial charge in [-0.25, -0.2) is 4.99 Å². The molecule has 0 atom stereocenters. The van der Waals surface area contributed by atoms with E-state index in [-0.39, 0.29) is 36.4 Å². The van der Waals surface area contributed by atoms with Gasteiger partial charge in [-0.1, -0.05) is 18.2 Å². The Bertz CT molecular complexity index is 580. The first kappa shape index (κ1) is 25.6. The summed E-state index contributed by atoms with van der Waals surface area (Å²) < 4.78 is 5.17. The Morgan fingerprint density at radius 1 is 1.26 bits per heavy atom. The minimum Gasteiger partial charge on any atom is -0.497 e. The molecule has 0 bridgehead atoms. The van der Waals surface area contributed by atoms with Gasteiger partial charge in [-0.15, -0.1) is 30.6 Å². The number of methoxy groups -OCH3 is 1. The number of rotatable bonds is 11. The van der Waals surface area contributed by atoms with Gasteiger partial charge in [-0.3, -0.25) is 4.79 Å². The molecule has 0 fully saturated rings. The van der Waals surface area contributed by atoms with Crippen LogP contribution in [0, 0.1) is 0 Å². The van der Waals surface area contributed by atoms with E-state index in [1.54, 1.807) is 37.9 Å². The van der Waals surface area contributed by atoms with E-state index in [0.717, 1.165) is 36.8 Å². The van der Waals surface area contributed by atoms with Crippen molar-refractivity contribution in [3.05, 3.63) is 42.5 Å². The molecule has 0 aliphatic rings. The minimum absolute atomic E-state index is 0. The standard InChI is InChI=1S/C19H30N4O2S.HI/c1-5-13-26-14-12-21-19(22-15-18(24)23(2)3)20-11-10-16-6-8-17(25-4)9-7-16;/h5-9H,1,10-15H2,2-4H3,(H2,20,21,22);1H. The second-order valence-corrected chi connectivity index (χ2v) is 6.92. The monoisotopic (exact) mass is 506 g/mol. The number of aliphatic imine (C=N–C) groups is 1. The Labute approximate surface area is 184 Å². The number of nitrogens with zero attached hydrogens (tertiary/aromatic N) is 2. The first-order chi connectivity index (χ1) is 12.6. The normalized spacial score (nSPS) is 10.6. The van der Waals surface area contributed by atoms with Crippen molar-refractivity contribution >= 4 is 47.6 Å². The van der Waals surface area contributed by atoms with Crippen molar-refractivity contribution in [3.63, 3.8) is 0 Å². The molecule has 0 saturated heterocycles. The fourth-order valence-corrected chi connectivity index (χ4v) is 2.57. The van der Waals surface area contributed by atoms with Crippen molar-refractivity contribution in [1.29, 1.82) is 0 Å². The lowest BCUT2D eigenvalue weighted by Gasteiger charge is -2.14. The Kier molecular flexibility index (Phi) is 14.8. The van der Waals surface area contributed by atoms with Crippen LogP contribution in [0.25, 0.3) is 0 Å². The van der Waals surface area contributed by atoms with Crippen LogP contribution < -0.4 is 15.4 Å². The van der Waals surface area contributed by atoms with Gasteiger partial charge in [0.1, 0.15) is 12.3 Å². The number of guanidine groups is 1. The molecule has 1 aromatic carbocycles. The summed E-state index contributed by atoms with van der Waals surface area (Å²) in [6.07, 6.45) is 2.75. The number of benzene rings is 1. The van der Waals surface area contributed by atoms with Crippen molar-refractivity contribution in [2.45, 2.75) is 6.42 Å². The van der Waals surface area contributed by atoms with Gasteiger partial charge >= 0.3 is 0 Å². The molecule has 0 aromatic heterocycles. The average molecular weight is 506 g/mol. The van der Waals surface area contributed by atoms with Crippen molar-refractivity contribution in [2.24, 2.45) is 4.99 Å². The van der Waals surface area contributed by atoms with Crippen molar-refractivity contribution in [1.82, 2.24) is 15.5 Å². The number of halogens is 1. The minimum atomic E-state index is -0.0257. The first-order valence-corrected chi connectivity index (χ1v) is 9.76. The SMILES string of the molecule is C=CCSCCNC(=NCC(=O)N(C)C)NCCc1ccc(OC)cc1.I. The summed E-state index contributed by atoms with van der Waals surface area (Å²) in [5.74, 6) is 3.37. The van der Waals surface area contributed by atoms with Gasteiger partial charge in [-0.05, 0) is 24.1 Å². The van der Waals surface area contributed by atoms with Crippen LogP contribution in [-0.4, -0.2) is 69.1 Å². The number of hydrogen-bond acceptors (Lipinski definition) is 4. The predicted octanol–water partition coefficient (Wildman–Crippen LogP) is 2.40. The van der Waals surface area contributed by atoms with Crippen molar-refractivity contribution < 1.29 is 9.53 Å². The Morgan fingerprint density at radius 2 is 1.93 bits per heavy atom. The van der Waals surface area contributed by atoms with Gasteiger partial charge in [0.05, 0.1) is 7.11 Å². The molecule has 0 spiro atoms. The zero-order valence-corrected chi connectivity index (χ0v) is 19.5. The van der Waals surface area contributed by atoms with Crippen LogP contribution in [0.3, 0.4) is 0 Å². The van der Waals surface area contributed by atoms with Crippen LogP contribution >= 0.6 is 35.7 Å². The molecule has 152 valence electrons. The topological polar surface area (TPSA) is 66.0 Å². The van der Waals surface area contributed by atoms with Gasteiger partial charge in [0.15, 0.2) is 5.96 Å². The number of nitrogens with one attached hydrogen (secondary N) is 2. The zero-order chi connectivity index (χ0) is 19.2. The van der Waals surface area contributed by atoms with Gasteiger partial charge in [-0.2, -0.15) is 11.8 Å². The molecule has 1 amide bonds. The third-order valence-corrected chi connectivity index (χ3v) is 4.48. The van der Waals surface area contributed by atoms with Crippen LogP contribution in [0.2, 0.25) is 0 Å². The van der Waals surface area contributed by atoms with Crippen molar-refractivity contribution in [3.8, 4) is 5.75 Å². The third-order valence-electron chi connectivity index (χ3n) is 3.51. The van der Waals surface area contributed by atoms with Gasteiger partial charge in [0.25, 0.3) is 0 Å². The van der Waals surface area contributed by atoms with E-state index in [9.17, 15) is 4.79 Å². The van der Waals surface area contributed by atoms with E-state index in [2.05, 4.69) is 22.2 Å². The molecule has 27 heavy (non-hydrogen) atoms. The predicted molar refractivity (Wildman–Crippen MR) is 127 cm³/mol. The van der Waals surface area contributed by atoms with Crippen LogP contribution in [0.4, 0.5) is 0 Å². The molecule has 0 aliphatic carbocycles. The molecule has 6 nitrogen and oxygen atoms in total. The Balaban J connectivity index is 0.00000676. The highest BCUT2D eigenvalue weighted by atomic mass is 127. The van der Waals surface area contributed by atoms with E-state index >= 15 is 0 Å². The molecule has 0 saturated carbocycles. The second kappa shape index (κ2) is 15.6. The third kappa shape index (κ3) is 11.8. The highest BCUT2D eigenvalue weighted by molar-refractivity contribution is 14.0. The van der Waals surface area contributed by atoms with Crippen LogP contribution in [-0.2, 0) is 11.2 Å². The van der Waals surface area contributed by atoms with E-state index in [0.29, 0.717) is 5.96 Å². The lowest BCUT2D eigenvalue weighted by Crippen LogP contribution is -2.40. The molecule has 0 aliphatic heterocycles. The highest BCUT2D eigenvalue weighted by Crippen LogP contribution is 2.11. The van der Waals surface area contributed by atoms with Gasteiger partial charge in [0, 0.05) is 38.7 Å². The lowest BCUT2D eigenvalue weighted by atomic mass is 10.1. The molecule has 2 N–H and O–H groups in total. The number of amides is 1. The molecule has 0 unspecified atom stereocenters. The summed E-state index contributed by atoms with van der Waals surface area (Å²) in [6.45, 7) is 5.35. The fraction of sp³-hybridized carbons (Fsp3) is 0.474. The number of thioether (sulfide) groups is 1. The molecule has 0 radical (unpaired) electrons. The lowest BCUT2D eigenvalue weighted by molar-refractivity contribution is -0.127. The van der Waals surface area contributed by atoms with Gasteiger partial charge in [0.2, 0.25) is 5.91 Å². The summed E-state index contributed by atoms with van der Waals surface area (Å²) in [4.78, 5) is 17.7. The molecule has 0 heterocycles. The van der Waals surface area contributed by atoms with Crippen LogP contribution in [0.15, 0.2) is 41.9 Å². The average Bonchev–Trinajstić information content (AvgIpc) is 2.65. The highest BCUT2D eigenvalue weighted by Gasteiger charge is 2.04. The number of carbonyl (C=O) groups excluding carboxylic acids is 1. The number of likely N-dealkylation sites (N-methyl/N-ethyl adjacent to an activating group) is 1. The van der Waals surface area contributed by atoms with E-state index in [1.165, 1.54) is 5.56 Å². The smallest absolute Gasteiger partial charge is 0.243 e.